The van der Waals surface area contributed by atoms with Crippen molar-refractivity contribution in [2.45, 2.75) is 32.4 Å². The normalized spacial score (nSPS) is 18.4. The van der Waals surface area contributed by atoms with Crippen molar-refractivity contribution in [2.75, 3.05) is 47.1 Å². The van der Waals surface area contributed by atoms with E-state index in [9.17, 15) is 0 Å². The highest BCUT2D eigenvalue weighted by Gasteiger charge is 2.15. The van der Waals surface area contributed by atoms with Crippen LogP contribution in [0.15, 0.2) is 18.2 Å². The molecule has 1 aromatic carbocycles. The fourth-order valence-corrected chi connectivity index (χ4v) is 3.13. The van der Waals surface area contributed by atoms with Crippen molar-refractivity contribution in [1.29, 1.82) is 0 Å². The molecule has 1 aliphatic rings. The van der Waals surface area contributed by atoms with Gasteiger partial charge in [0.15, 0.2) is 11.5 Å². The summed E-state index contributed by atoms with van der Waals surface area (Å²) in [6.07, 6.45) is 0.966. The van der Waals surface area contributed by atoms with E-state index in [0.717, 1.165) is 50.8 Å². The maximum Gasteiger partial charge on any atom is 0.160 e. The minimum Gasteiger partial charge on any atom is -0.493 e. The topological polar surface area (TPSA) is 43.0 Å². The molecular weight excluding hydrogens is 292 g/mol. The van der Waals surface area contributed by atoms with Crippen LogP contribution in [-0.4, -0.2) is 64.1 Å². The Bertz CT molecular complexity index is 475. The fourth-order valence-electron chi connectivity index (χ4n) is 3.13. The summed E-state index contributed by atoms with van der Waals surface area (Å²) in [6, 6.07) is 7.00. The molecule has 5 heteroatoms. The van der Waals surface area contributed by atoms with Crippen molar-refractivity contribution in [3.05, 3.63) is 23.8 Å². The second kappa shape index (κ2) is 9.11. The van der Waals surface area contributed by atoms with E-state index in [4.69, 9.17) is 14.2 Å². The van der Waals surface area contributed by atoms with Crippen molar-refractivity contribution in [1.82, 2.24) is 10.2 Å². The van der Waals surface area contributed by atoms with Gasteiger partial charge in [-0.2, -0.15) is 0 Å². The summed E-state index contributed by atoms with van der Waals surface area (Å²) in [7, 11) is 3.34. The van der Waals surface area contributed by atoms with Gasteiger partial charge in [0, 0.05) is 31.7 Å². The van der Waals surface area contributed by atoms with Crippen molar-refractivity contribution >= 4 is 0 Å². The average molecular weight is 322 g/mol. The molecule has 5 nitrogen and oxygen atoms in total. The standard InChI is InChI=1S/C18H30N2O3/c1-14(19-15(2)13-20-7-9-23-10-8-20)11-16-5-6-17(21-3)18(12-16)22-4/h5-6,12,14-15,19H,7-11,13H2,1-4H3. The Hall–Kier alpha value is -1.30. The molecule has 0 radical (unpaired) electrons. The van der Waals surface area contributed by atoms with Crippen molar-refractivity contribution < 1.29 is 14.2 Å². The Morgan fingerprint density at radius 1 is 1.09 bits per heavy atom. The summed E-state index contributed by atoms with van der Waals surface area (Å²) in [5, 5.41) is 3.69. The van der Waals surface area contributed by atoms with Gasteiger partial charge in [-0.05, 0) is 38.0 Å². The summed E-state index contributed by atoms with van der Waals surface area (Å²) >= 11 is 0. The first-order chi connectivity index (χ1) is 11.1. The summed E-state index contributed by atoms with van der Waals surface area (Å²) in [5.74, 6) is 1.57. The van der Waals surface area contributed by atoms with E-state index >= 15 is 0 Å². The van der Waals surface area contributed by atoms with E-state index in [0.29, 0.717) is 12.1 Å². The van der Waals surface area contributed by atoms with Crippen LogP contribution in [0.5, 0.6) is 11.5 Å². The fraction of sp³-hybridized carbons (Fsp3) is 0.667. The van der Waals surface area contributed by atoms with E-state index in [-0.39, 0.29) is 0 Å². The van der Waals surface area contributed by atoms with Gasteiger partial charge in [-0.1, -0.05) is 6.07 Å². The van der Waals surface area contributed by atoms with Gasteiger partial charge < -0.3 is 19.5 Å². The minimum absolute atomic E-state index is 0.407. The van der Waals surface area contributed by atoms with Crippen molar-refractivity contribution in [3.63, 3.8) is 0 Å². The number of hydrogen-bond donors (Lipinski definition) is 1. The smallest absolute Gasteiger partial charge is 0.160 e. The maximum atomic E-state index is 5.40. The van der Waals surface area contributed by atoms with Crippen LogP contribution in [0.2, 0.25) is 0 Å². The zero-order valence-electron chi connectivity index (χ0n) is 14.8. The van der Waals surface area contributed by atoms with Gasteiger partial charge >= 0.3 is 0 Å². The van der Waals surface area contributed by atoms with Gasteiger partial charge in [0.1, 0.15) is 0 Å². The van der Waals surface area contributed by atoms with Crippen LogP contribution in [0.25, 0.3) is 0 Å². The maximum absolute atomic E-state index is 5.40. The largest absolute Gasteiger partial charge is 0.493 e. The molecule has 1 N–H and O–H groups in total. The SMILES string of the molecule is COc1ccc(CC(C)NC(C)CN2CCOCC2)cc1OC. The lowest BCUT2D eigenvalue weighted by molar-refractivity contribution is 0.0339. The van der Waals surface area contributed by atoms with Crippen LogP contribution in [0.4, 0.5) is 0 Å². The van der Waals surface area contributed by atoms with Crippen LogP contribution < -0.4 is 14.8 Å². The van der Waals surface area contributed by atoms with E-state index < -0.39 is 0 Å². The Balaban J connectivity index is 1.82. The average Bonchev–Trinajstić information content (AvgIpc) is 2.55. The first-order valence-electron chi connectivity index (χ1n) is 8.39. The van der Waals surface area contributed by atoms with Gasteiger partial charge in [0.2, 0.25) is 0 Å². The van der Waals surface area contributed by atoms with Crippen LogP contribution >= 0.6 is 0 Å². The summed E-state index contributed by atoms with van der Waals surface area (Å²) in [5.41, 5.74) is 1.25. The molecule has 0 amide bonds. The Morgan fingerprint density at radius 3 is 2.43 bits per heavy atom. The highest BCUT2D eigenvalue weighted by Crippen LogP contribution is 2.27. The zero-order valence-corrected chi connectivity index (χ0v) is 14.8. The molecule has 2 unspecified atom stereocenters. The molecule has 2 rings (SSSR count). The number of morpholine rings is 1. The number of ether oxygens (including phenoxy) is 3. The van der Waals surface area contributed by atoms with Crippen LogP contribution in [0.1, 0.15) is 19.4 Å². The Labute approximate surface area is 139 Å². The van der Waals surface area contributed by atoms with E-state index in [1.807, 2.05) is 6.07 Å². The van der Waals surface area contributed by atoms with Crippen molar-refractivity contribution in [2.24, 2.45) is 0 Å². The monoisotopic (exact) mass is 322 g/mol. The lowest BCUT2D eigenvalue weighted by atomic mass is 10.1. The Morgan fingerprint density at radius 2 is 1.78 bits per heavy atom. The third-order valence-electron chi connectivity index (χ3n) is 4.19. The van der Waals surface area contributed by atoms with Crippen molar-refractivity contribution in [3.8, 4) is 11.5 Å². The number of methoxy groups -OCH3 is 2. The molecule has 0 spiro atoms. The highest BCUT2D eigenvalue weighted by atomic mass is 16.5. The molecule has 1 aromatic rings. The quantitative estimate of drug-likeness (QED) is 0.792. The number of benzene rings is 1. The minimum atomic E-state index is 0.407. The second-order valence-corrected chi connectivity index (χ2v) is 6.28. The summed E-state index contributed by atoms with van der Waals surface area (Å²) in [6.45, 7) is 9.33. The van der Waals surface area contributed by atoms with Gasteiger partial charge in [-0.15, -0.1) is 0 Å². The lowest BCUT2D eigenvalue weighted by Gasteiger charge is -2.30. The molecule has 1 heterocycles. The molecule has 0 bridgehead atoms. The van der Waals surface area contributed by atoms with Gasteiger partial charge in [-0.25, -0.2) is 0 Å². The van der Waals surface area contributed by atoms with Gasteiger partial charge in [-0.3, -0.25) is 4.90 Å². The van der Waals surface area contributed by atoms with E-state index in [1.165, 1.54) is 5.56 Å². The van der Waals surface area contributed by atoms with Gasteiger partial charge in [0.05, 0.1) is 27.4 Å². The van der Waals surface area contributed by atoms with E-state index in [1.54, 1.807) is 14.2 Å². The number of nitrogens with one attached hydrogen (secondary N) is 1. The molecule has 1 aliphatic heterocycles. The summed E-state index contributed by atoms with van der Waals surface area (Å²) in [4.78, 5) is 2.46. The number of nitrogens with zero attached hydrogens (tertiary/aromatic N) is 1. The van der Waals surface area contributed by atoms with Crippen LogP contribution in [0, 0.1) is 0 Å². The molecular formula is C18H30N2O3. The third-order valence-corrected chi connectivity index (χ3v) is 4.19. The number of rotatable bonds is 8. The molecule has 130 valence electrons. The highest BCUT2D eigenvalue weighted by molar-refractivity contribution is 5.43. The lowest BCUT2D eigenvalue weighted by Crippen LogP contribution is -2.47. The molecule has 0 saturated carbocycles. The summed E-state index contributed by atoms with van der Waals surface area (Å²) < 4.78 is 16.1. The predicted molar refractivity (Wildman–Crippen MR) is 92.6 cm³/mol. The number of hydrogen-bond acceptors (Lipinski definition) is 5. The molecule has 1 fully saturated rings. The predicted octanol–water partition coefficient (Wildman–Crippen LogP) is 1.95. The van der Waals surface area contributed by atoms with Gasteiger partial charge in [0.25, 0.3) is 0 Å². The molecule has 0 aromatic heterocycles. The zero-order chi connectivity index (χ0) is 16.7. The third kappa shape index (κ3) is 5.68. The first kappa shape index (κ1) is 18.0. The van der Waals surface area contributed by atoms with Crippen LogP contribution in [-0.2, 0) is 11.2 Å². The molecule has 2 atom stereocenters. The van der Waals surface area contributed by atoms with E-state index in [2.05, 4.69) is 36.2 Å². The first-order valence-corrected chi connectivity index (χ1v) is 8.39. The Kier molecular flexibility index (Phi) is 7.15. The van der Waals surface area contributed by atoms with Crippen LogP contribution in [0.3, 0.4) is 0 Å². The molecule has 0 aliphatic carbocycles. The second-order valence-electron chi connectivity index (χ2n) is 6.28. The molecule has 23 heavy (non-hydrogen) atoms. The molecule has 1 saturated heterocycles.